The van der Waals surface area contributed by atoms with Gasteiger partial charge in [0.2, 0.25) is 10.0 Å². The van der Waals surface area contributed by atoms with E-state index in [0.29, 0.717) is 0 Å². The summed E-state index contributed by atoms with van der Waals surface area (Å²) >= 11 is 0. The van der Waals surface area contributed by atoms with Crippen molar-refractivity contribution in [2.45, 2.75) is 43.2 Å². The standard InChI is InChI=1S/C14H18N2O5S/c1-9(8-13(17)18)15-14(19)10-2-6-12(7-3-10)22(20,21)16-11-4-5-11/h2-3,6-7,9,11,16H,4-5,8H2,1H3,(H,15,19)(H,17,18). The quantitative estimate of drug-likeness (QED) is 0.683. The monoisotopic (exact) mass is 326 g/mol. The van der Waals surface area contributed by atoms with Crippen molar-refractivity contribution in [2.24, 2.45) is 0 Å². The Hall–Kier alpha value is -1.93. The Morgan fingerprint density at radius 2 is 1.86 bits per heavy atom. The molecule has 1 aromatic rings. The van der Waals surface area contributed by atoms with Crippen LogP contribution in [0.1, 0.15) is 36.5 Å². The summed E-state index contributed by atoms with van der Waals surface area (Å²) in [6.07, 6.45) is 1.52. The molecule has 1 atom stereocenters. The smallest absolute Gasteiger partial charge is 0.305 e. The van der Waals surface area contributed by atoms with Crippen molar-refractivity contribution in [2.75, 3.05) is 0 Å². The van der Waals surface area contributed by atoms with Gasteiger partial charge in [-0.3, -0.25) is 9.59 Å². The van der Waals surface area contributed by atoms with Crippen LogP contribution in [0.15, 0.2) is 29.2 Å². The van der Waals surface area contributed by atoms with Gasteiger partial charge in [0.1, 0.15) is 0 Å². The summed E-state index contributed by atoms with van der Waals surface area (Å²) in [5, 5.41) is 11.2. The molecule has 1 aliphatic carbocycles. The zero-order valence-electron chi connectivity index (χ0n) is 12.1. The number of carbonyl (C=O) groups is 2. The predicted octanol–water partition coefficient (Wildman–Crippen LogP) is 0.720. The summed E-state index contributed by atoms with van der Waals surface area (Å²) in [5.74, 6) is -1.44. The number of hydrogen-bond acceptors (Lipinski definition) is 4. The molecule has 0 saturated heterocycles. The number of aliphatic carboxylic acids is 1. The summed E-state index contributed by atoms with van der Waals surface area (Å²) in [6, 6.07) is 5.05. The molecule has 120 valence electrons. The maximum Gasteiger partial charge on any atom is 0.305 e. The van der Waals surface area contributed by atoms with Gasteiger partial charge in [0.25, 0.3) is 5.91 Å². The Morgan fingerprint density at radius 1 is 1.27 bits per heavy atom. The van der Waals surface area contributed by atoms with Crippen molar-refractivity contribution in [3.05, 3.63) is 29.8 Å². The maximum absolute atomic E-state index is 12.0. The van der Waals surface area contributed by atoms with Crippen LogP contribution in [-0.4, -0.2) is 37.5 Å². The fourth-order valence-electron chi connectivity index (χ4n) is 1.89. The van der Waals surface area contributed by atoms with Crippen LogP contribution in [0.3, 0.4) is 0 Å². The molecular weight excluding hydrogens is 308 g/mol. The van der Waals surface area contributed by atoms with Gasteiger partial charge in [-0.05, 0) is 44.0 Å². The summed E-state index contributed by atoms with van der Waals surface area (Å²) in [7, 11) is -3.54. The molecule has 0 radical (unpaired) electrons. The van der Waals surface area contributed by atoms with Gasteiger partial charge in [0.15, 0.2) is 0 Å². The first-order valence-corrected chi connectivity index (χ1v) is 8.41. The average molecular weight is 326 g/mol. The van der Waals surface area contributed by atoms with E-state index < -0.39 is 27.9 Å². The number of rotatable bonds is 7. The Morgan fingerprint density at radius 3 is 2.36 bits per heavy atom. The van der Waals surface area contributed by atoms with Crippen molar-refractivity contribution in [1.82, 2.24) is 10.0 Å². The molecule has 0 heterocycles. The molecule has 2 rings (SSSR count). The Kier molecular flexibility index (Phi) is 4.82. The molecule has 0 aromatic heterocycles. The van der Waals surface area contributed by atoms with Crippen LogP contribution < -0.4 is 10.0 Å². The van der Waals surface area contributed by atoms with E-state index in [4.69, 9.17) is 5.11 Å². The average Bonchev–Trinajstić information content (AvgIpc) is 3.21. The van der Waals surface area contributed by atoms with E-state index in [1.54, 1.807) is 6.92 Å². The number of carboxylic acid groups (broad SMARTS) is 1. The number of carbonyl (C=O) groups excluding carboxylic acids is 1. The molecule has 1 aliphatic rings. The van der Waals surface area contributed by atoms with Crippen molar-refractivity contribution in [3.8, 4) is 0 Å². The van der Waals surface area contributed by atoms with Crippen LogP contribution in [0.2, 0.25) is 0 Å². The highest BCUT2D eigenvalue weighted by Crippen LogP contribution is 2.22. The molecule has 0 spiro atoms. The highest BCUT2D eigenvalue weighted by Gasteiger charge is 2.28. The number of sulfonamides is 1. The van der Waals surface area contributed by atoms with Gasteiger partial charge in [-0.25, -0.2) is 13.1 Å². The second-order valence-corrected chi connectivity index (χ2v) is 7.11. The number of carboxylic acids is 1. The Labute approximate surface area is 128 Å². The lowest BCUT2D eigenvalue weighted by atomic mass is 10.2. The van der Waals surface area contributed by atoms with E-state index in [1.165, 1.54) is 24.3 Å². The minimum Gasteiger partial charge on any atom is -0.481 e. The molecular formula is C14H18N2O5S. The molecule has 1 unspecified atom stereocenters. The van der Waals surface area contributed by atoms with Gasteiger partial charge in [0, 0.05) is 17.6 Å². The fourth-order valence-corrected chi connectivity index (χ4v) is 3.20. The molecule has 0 aliphatic heterocycles. The van der Waals surface area contributed by atoms with E-state index >= 15 is 0 Å². The van der Waals surface area contributed by atoms with E-state index in [2.05, 4.69) is 10.0 Å². The zero-order chi connectivity index (χ0) is 16.3. The van der Waals surface area contributed by atoms with Gasteiger partial charge >= 0.3 is 5.97 Å². The first-order chi connectivity index (χ1) is 10.3. The van der Waals surface area contributed by atoms with Crippen molar-refractivity contribution >= 4 is 21.9 Å². The molecule has 0 bridgehead atoms. The predicted molar refractivity (Wildman–Crippen MR) is 79.0 cm³/mol. The molecule has 7 nitrogen and oxygen atoms in total. The number of nitrogens with one attached hydrogen (secondary N) is 2. The van der Waals surface area contributed by atoms with Crippen LogP contribution in [0.25, 0.3) is 0 Å². The third kappa shape index (κ3) is 4.54. The first kappa shape index (κ1) is 16.4. The fraction of sp³-hybridized carbons (Fsp3) is 0.429. The number of amides is 1. The lowest BCUT2D eigenvalue weighted by molar-refractivity contribution is -0.137. The Balaban J connectivity index is 2.01. The number of benzene rings is 1. The molecule has 8 heteroatoms. The molecule has 1 aromatic carbocycles. The van der Waals surface area contributed by atoms with Crippen LogP contribution in [0.4, 0.5) is 0 Å². The normalized spacial score (nSPS) is 16.0. The van der Waals surface area contributed by atoms with E-state index in [9.17, 15) is 18.0 Å². The summed E-state index contributed by atoms with van der Waals surface area (Å²) in [4.78, 5) is 22.6. The number of hydrogen-bond donors (Lipinski definition) is 3. The molecule has 1 amide bonds. The van der Waals surface area contributed by atoms with E-state index in [1.807, 2.05) is 0 Å². The van der Waals surface area contributed by atoms with Crippen molar-refractivity contribution < 1.29 is 23.1 Å². The third-order valence-corrected chi connectivity index (χ3v) is 4.72. The first-order valence-electron chi connectivity index (χ1n) is 6.93. The van der Waals surface area contributed by atoms with Gasteiger partial charge in [-0.15, -0.1) is 0 Å². The lowest BCUT2D eigenvalue weighted by Gasteiger charge is -2.12. The Bertz CT molecular complexity index is 665. The SMILES string of the molecule is CC(CC(=O)O)NC(=O)c1ccc(S(=O)(=O)NC2CC2)cc1. The van der Waals surface area contributed by atoms with Crippen molar-refractivity contribution in [1.29, 1.82) is 0 Å². The highest BCUT2D eigenvalue weighted by atomic mass is 32.2. The van der Waals surface area contributed by atoms with E-state index in [0.717, 1.165) is 12.8 Å². The molecule has 22 heavy (non-hydrogen) atoms. The zero-order valence-corrected chi connectivity index (χ0v) is 12.9. The highest BCUT2D eigenvalue weighted by molar-refractivity contribution is 7.89. The summed E-state index contributed by atoms with van der Waals surface area (Å²) in [6.45, 7) is 1.59. The lowest BCUT2D eigenvalue weighted by Crippen LogP contribution is -2.34. The van der Waals surface area contributed by atoms with Gasteiger partial charge in [-0.1, -0.05) is 0 Å². The minimum absolute atomic E-state index is 0.0184. The van der Waals surface area contributed by atoms with Crippen LogP contribution in [0.5, 0.6) is 0 Å². The molecule has 1 saturated carbocycles. The van der Waals surface area contributed by atoms with Gasteiger partial charge < -0.3 is 10.4 Å². The second kappa shape index (κ2) is 6.45. The van der Waals surface area contributed by atoms with Crippen LogP contribution >= 0.6 is 0 Å². The van der Waals surface area contributed by atoms with Gasteiger partial charge in [-0.2, -0.15) is 0 Å². The van der Waals surface area contributed by atoms with E-state index in [-0.39, 0.29) is 22.9 Å². The largest absolute Gasteiger partial charge is 0.481 e. The third-order valence-electron chi connectivity index (χ3n) is 3.18. The van der Waals surface area contributed by atoms with Crippen molar-refractivity contribution in [3.63, 3.8) is 0 Å². The van der Waals surface area contributed by atoms with Gasteiger partial charge in [0.05, 0.1) is 11.3 Å². The molecule has 3 N–H and O–H groups in total. The van der Waals surface area contributed by atoms with Crippen LogP contribution in [0, 0.1) is 0 Å². The summed E-state index contributed by atoms with van der Waals surface area (Å²) in [5.41, 5.74) is 0.280. The van der Waals surface area contributed by atoms with Crippen LogP contribution in [-0.2, 0) is 14.8 Å². The topological polar surface area (TPSA) is 113 Å². The molecule has 1 fully saturated rings. The minimum atomic E-state index is -3.54. The summed E-state index contributed by atoms with van der Waals surface area (Å²) < 4.78 is 26.5. The second-order valence-electron chi connectivity index (χ2n) is 5.39. The maximum atomic E-state index is 12.0.